The van der Waals surface area contributed by atoms with Gasteiger partial charge in [-0.05, 0) is 12.5 Å². The number of aliphatic hydroxyl groups excluding tert-OH is 1. The van der Waals surface area contributed by atoms with E-state index in [4.69, 9.17) is 0 Å². The Morgan fingerprint density at radius 3 is 2.57 bits per heavy atom. The molecule has 4 nitrogen and oxygen atoms in total. The van der Waals surface area contributed by atoms with Crippen molar-refractivity contribution in [3.8, 4) is 0 Å². The van der Waals surface area contributed by atoms with Gasteiger partial charge in [-0.2, -0.15) is 0 Å². The monoisotopic (exact) mass is 332 g/mol. The molecule has 2 rings (SSSR count). The summed E-state index contributed by atoms with van der Waals surface area (Å²) in [5.41, 5.74) is 1.85. The van der Waals surface area contributed by atoms with Crippen LogP contribution in [0, 0.1) is 0 Å². The maximum atomic E-state index is 12.1. The number of thiazole rings is 1. The number of hydrogen-bond acceptors (Lipinski definition) is 4. The molecule has 0 bridgehead atoms. The highest BCUT2D eigenvalue weighted by atomic mass is 32.1. The quantitative estimate of drug-likeness (QED) is 0.819. The van der Waals surface area contributed by atoms with Crippen molar-refractivity contribution in [2.75, 3.05) is 0 Å². The van der Waals surface area contributed by atoms with Gasteiger partial charge in [-0.1, -0.05) is 44.2 Å². The molecular weight excluding hydrogens is 308 g/mol. The van der Waals surface area contributed by atoms with Crippen LogP contribution in [0.3, 0.4) is 0 Å². The molecule has 0 fully saturated rings. The minimum absolute atomic E-state index is 0.106. The molecule has 23 heavy (non-hydrogen) atoms. The molecule has 5 heteroatoms. The first-order valence-electron chi connectivity index (χ1n) is 7.91. The van der Waals surface area contributed by atoms with Crippen LogP contribution >= 0.6 is 11.3 Å². The van der Waals surface area contributed by atoms with Gasteiger partial charge in [0.25, 0.3) is 0 Å². The molecule has 2 N–H and O–H groups in total. The molecular formula is C18H24N2O2S. The molecule has 2 unspecified atom stereocenters. The standard InChI is InChI=1S/C18H24N2O2S/c1-12(2)18-20-15(11-23-18)10-17(22)19-13(3)16(21)9-14-7-5-4-6-8-14/h4-8,11-13,16,21H,9-10H2,1-3H3,(H,19,22). The third-order valence-corrected chi connectivity index (χ3v) is 4.85. The molecule has 1 amide bonds. The van der Waals surface area contributed by atoms with Crippen LogP contribution < -0.4 is 5.32 Å². The fourth-order valence-electron chi connectivity index (χ4n) is 2.27. The predicted molar refractivity (Wildman–Crippen MR) is 93.7 cm³/mol. The Morgan fingerprint density at radius 1 is 1.26 bits per heavy atom. The summed E-state index contributed by atoms with van der Waals surface area (Å²) in [6, 6.07) is 9.48. The lowest BCUT2D eigenvalue weighted by atomic mass is 10.0. The van der Waals surface area contributed by atoms with Crippen molar-refractivity contribution in [3.05, 3.63) is 52.0 Å². The zero-order valence-electron chi connectivity index (χ0n) is 13.8. The van der Waals surface area contributed by atoms with Crippen molar-refractivity contribution in [3.63, 3.8) is 0 Å². The molecule has 0 saturated carbocycles. The molecule has 124 valence electrons. The van der Waals surface area contributed by atoms with Crippen molar-refractivity contribution in [1.29, 1.82) is 0 Å². The van der Waals surface area contributed by atoms with Crippen LogP contribution in [0.15, 0.2) is 35.7 Å². The second-order valence-corrected chi connectivity index (χ2v) is 7.01. The second kappa shape index (κ2) is 8.22. The summed E-state index contributed by atoms with van der Waals surface area (Å²) in [7, 11) is 0. The average Bonchev–Trinajstić information content (AvgIpc) is 2.96. The molecule has 0 radical (unpaired) electrons. The molecule has 0 aliphatic heterocycles. The number of aromatic nitrogens is 1. The minimum Gasteiger partial charge on any atom is -0.391 e. The van der Waals surface area contributed by atoms with Crippen LogP contribution in [-0.4, -0.2) is 28.1 Å². The van der Waals surface area contributed by atoms with Gasteiger partial charge < -0.3 is 10.4 Å². The third-order valence-electron chi connectivity index (χ3n) is 3.66. The first-order chi connectivity index (χ1) is 11.0. The zero-order chi connectivity index (χ0) is 16.8. The van der Waals surface area contributed by atoms with E-state index in [2.05, 4.69) is 24.1 Å². The van der Waals surface area contributed by atoms with Crippen LogP contribution in [0.25, 0.3) is 0 Å². The molecule has 1 aromatic carbocycles. The van der Waals surface area contributed by atoms with E-state index in [9.17, 15) is 9.90 Å². The van der Waals surface area contributed by atoms with Gasteiger partial charge in [0, 0.05) is 17.7 Å². The molecule has 2 aromatic rings. The second-order valence-electron chi connectivity index (χ2n) is 6.12. The van der Waals surface area contributed by atoms with Crippen molar-refractivity contribution in [1.82, 2.24) is 10.3 Å². The van der Waals surface area contributed by atoms with Crippen molar-refractivity contribution >= 4 is 17.2 Å². The maximum absolute atomic E-state index is 12.1. The fourth-order valence-corrected chi connectivity index (χ4v) is 3.10. The van der Waals surface area contributed by atoms with Gasteiger partial charge in [0.15, 0.2) is 0 Å². The van der Waals surface area contributed by atoms with Crippen molar-refractivity contribution in [2.45, 2.75) is 51.7 Å². The first kappa shape index (κ1) is 17.6. The van der Waals surface area contributed by atoms with E-state index in [0.29, 0.717) is 12.3 Å². The SMILES string of the molecule is CC(C)c1nc(CC(=O)NC(C)C(O)Cc2ccccc2)cs1. The fraction of sp³-hybridized carbons (Fsp3) is 0.444. The van der Waals surface area contributed by atoms with Gasteiger partial charge >= 0.3 is 0 Å². The molecule has 0 saturated heterocycles. The van der Waals surface area contributed by atoms with Gasteiger partial charge in [-0.25, -0.2) is 4.98 Å². The molecule has 0 spiro atoms. The number of carbonyl (C=O) groups excluding carboxylic acids is 1. The van der Waals surface area contributed by atoms with Crippen LogP contribution in [0.4, 0.5) is 0 Å². The number of hydrogen-bond donors (Lipinski definition) is 2. The number of nitrogens with zero attached hydrogens (tertiary/aromatic N) is 1. The molecule has 1 aromatic heterocycles. The number of amides is 1. The summed E-state index contributed by atoms with van der Waals surface area (Å²) in [5, 5.41) is 16.1. The van der Waals surface area contributed by atoms with Gasteiger partial charge in [0.1, 0.15) is 0 Å². The third kappa shape index (κ3) is 5.44. The van der Waals surface area contributed by atoms with E-state index < -0.39 is 6.10 Å². The van der Waals surface area contributed by atoms with E-state index in [0.717, 1.165) is 16.3 Å². The van der Waals surface area contributed by atoms with Crippen molar-refractivity contribution in [2.24, 2.45) is 0 Å². The smallest absolute Gasteiger partial charge is 0.226 e. The lowest BCUT2D eigenvalue weighted by Crippen LogP contribution is -2.42. The van der Waals surface area contributed by atoms with E-state index in [1.165, 1.54) is 0 Å². The van der Waals surface area contributed by atoms with Gasteiger partial charge in [-0.3, -0.25) is 4.79 Å². The number of benzene rings is 1. The van der Waals surface area contributed by atoms with E-state index in [-0.39, 0.29) is 18.4 Å². The average molecular weight is 332 g/mol. The summed E-state index contributed by atoms with van der Waals surface area (Å²) < 4.78 is 0. The normalized spacial score (nSPS) is 13.8. The van der Waals surface area contributed by atoms with Crippen molar-refractivity contribution < 1.29 is 9.90 Å². The highest BCUT2D eigenvalue weighted by Crippen LogP contribution is 2.19. The summed E-state index contributed by atoms with van der Waals surface area (Å²) in [6.45, 7) is 6.00. The Kier molecular flexibility index (Phi) is 6.30. The predicted octanol–water partition coefficient (Wildman–Crippen LogP) is 2.92. The highest BCUT2D eigenvalue weighted by Gasteiger charge is 2.18. The van der Waals surface area contributed by atoms with E-state index in [1.54, 1.807) is 11.3 Å². The molecule has 0 aliphatic rings. The largest absolute Gasteiger partial charge is 0.391 e. The molecule has 1 heterocycles. The highest BCUT2D eigenvalue weighted by molar-refractivity contribution is 7.09. The Balaban J connectivity index is 1.83. The van der Waals surface area contributed by atoms with Gasteiger partial charge in [0.2, 0.25) is 5.91 Å². The lowest BCUT2D eigenvalue weighted by Gasteiger charge is -2.20. The number of aliphatic hydroxyl groups is 1. The van der Waals surface area contributed by atoms with Gasteiger partial charge in [0.05, 0.1) is 29.3 Å². The lowest BCUT2D eigenvalue weighted by molar-refractivity contribution is -0.121. The van der Waals surface area contributed by atoms with E-state index >= 15 is 0 Å². The first-order valence-corrected chi connectivity index (χ1v) is 8.79. The molecule has 0 aliphatic carbocycles. The van der Waals surface area contributed by atoms with Gasteiger partial charge in [-0.15, -0.1) is 11.3 Å². The van der Waals surface area contributed by atoms with Crippen LogP contribution in [0.1, 0.15) is 43.0 Å². The number of rotatable bonds is 7. The van der Waals surface area contributed by atoms with Crippen LogP contribution in [0.2, 0.25) is 0 Å². The summed E-state index contributed by atoms with van der Waals surface area (Å²) in [4.78, 5) is 16.6. The summed E-state index contributed by atoms with van der Waals surface area (Å²) >= 11 is 1.59. The Labute approximate surface area is 141 Å². The maximum Gasteiger partial charge on any atom is 0.226 e. The minimum atomic E-state index is -0.608. The Hall–Kier alpha value is -1.72. The number of nitrogens with one attached hydrogen (secondary N) is 1. The zero-order valence-corrected chi connectivity index (χ0v) is 14.6. The topological polar surface area (TPSA) is 62.2 Å². The molecule has 2 atom stereocenters. The van der Waals surface area contributed by atoms with E-state index in [1.807, 2.05) is 42.6 Å². The Bertz CT molecular complexity index is 625. The summed E-state index contributed by atoms with van der Waals surface area (Å²) in [6.07, 6.45) is 0.172. The van der Waals surface area contributed by atoms with Crippen LogP contribution in [-0.2, 0) is 17.6 Å². The van der Waals surface area contributed by atoms with Crippen LogP contribution in [0.5, 0.6) is 0 Å². The number of carbonyl (C=O) groups is 1. The Morgan fingerprint density at radius 2 is 1.96 bits per heavy atom. The summed E-state index contributed by atoms with van der Waals surface area (Å²) in [5.74, 6) is 0.272.